The summed E-state index contributed by atoms with van der Waals surface area (Å²) in [7, 11) is 0. The van der Waals surface area contributed by atoms with Gasteiger partial charge < -0.3 is 25.4 Å². The summed E-state index contributed by atoms with van der Waals surface area (Å²) in [6.07, 6.45) is -3.15. The molecule has 0 radical (unpaired) electrons. The Morgan fingerprint density at radius 1 is 1.12 bits per heavy atom. The Balaban J connectivity index is 1.48. The smallest absolute Gasteiger partial charge is 0.416 e. The SMILES string of the molecule is CC(=O)Nc1nc2c(Oc3cc(-c4ccc(C(F)(F)F)cc4)nc(NC[C@H]4CCCCN4C(=O)O)n3)cccc2s1. The molecular formula is C27H25F3N6O4S. The Kier molecular flexibility index (Phi) is 7.92. The van der Waals surface area contributed by atoms with E-state index >= 15 is 0 Å². The lowest BCUT2D eigenvalue weighted by Gasteiger charge is -2.33. The number of ether oxygens (including phenoxy) is 1. The van der Waals surface area contributed by atoms with Crippen LogP contribution >= 0.6 is 11.3 Å². The standard InChI is InChI=1S/C27H25F3N6O4S/c1-15(37)32-25-35-23-20(6-4-7-21(23)41-25)40-22-13-19(16-8-10-17(11-9-16)27(28,29)30)33-24(34-22)31-14-18-5-2-3-12-36(18)26(38)39/h4,6-11,13,18H,2-3,5,12,14H2,1H3,(H,38,39)(H,31,33,34)(H,32,35,37)/t18-/m1/s1. The summed E-state index contributed by atoms with van der Waals surface area (Å²) >= 11 is 1.27. The zero-order valence-corrected chi connectivity index (χ0v) is 22.6. The first kappa shape index (κ1) is 28.1. The lowest BCUT2D eigenvalue weighted by molar-refractivity contribution is -0.137. The molecule has 1 fully saturated rings. The van der Waals surface area contributed by atoms with Gasteiger partial charge in [0.25, 0.3) is 0 Å². The van der Waals surface area contributed by atoms with Crippen LogP contribution in [0, 0.1) is 0 Å². The van der Waals surface area contributed by atoms with Crippen molar-refractivity contribution < 1.29 is 32.6 Å². The number of hydrogen-bond donors (Lipinski definition) is 3. The van der Waals surface area contributed by atoms with Gasteiger partial charge in [-0.15, -0.1) is 0 Å². The number of likely N-dealkylation sites (tertiary alicyclic amines) is 1. The maximum Gasteiger partial charge on any atom is 0.416 e. The molecule has 0 unspecified atom stereocenters. The third-order valence-electron chi connectivity index (χ3n) is 6.46. The Morgan fingerprint density at radius 2 is 1.90 bits per heavy atom. The van der Waals surface area contributed by atoms with E-state index in [2.05, 4.69) is 25.6 Å². The molecule has 3 N–H and O–H groups in total. The number of aromatic nitrogens is 3. The minimum Gasteiger partial charge on any atom is -0.465 e. The van der Waals surface area contributed by atoms with Crippen molar-refractivity contribution in [2.45, 2.75) is 38.4 Å². The fourth-order valence-electron chi connectivity index (χ4n) is 4.53. The highest BCUT2D eigenvalue weighted by Gasteiger charge is 2.30. The van der Waals surface area contributed by atoms with E-state index < -0.39 is 17.8 Å². The maximum atomic E-state index is 13.1. The molecule has 41 heavy (non-hydrogen) atoms. The van der Waals surface area contributed by atoms with E-state index in [0.29, 0.717) is 40.6 Å². The number of carboxylic acid groups (broad SMARTS) is 1. The fourth-order valence-corrected chi connectivity index (χ4v) is 5.46. The molecule has 0 spiro atoms. The molecule has 5 rings (SSSR count). The molecule has 2 amide bonds. The average molecular weight is 587 g/mol. The molecule has 3 heterocycles. The first-order chi connectivity index (χ1) is 19.6. The zero-order chi connectivity index (χ0) is 29.1. The van der Waals surface area contributed by atoms with Gasteiger partial charge in [0.05, 0.1) is 22.0 Å². The number of rotatable bonds is 7. The fraction of sp³-hybridized carbons (Fsp3) is 0.296. The molecule has 1 saturated heterocycles. The highest BCUT2D eigenvalue weighted by molar-refractivity contribution is 7.22. The minimum absolute atomic E-state index is 0.0951. The van der Waals surface area contributed by atoms with Crippen molar-refractivity contribution >= 4 is 44.6 Å². The largest absolute Gasteiger partial charge is 0.465 e. The van der Waals surface area contributed by atoms with Crippen molar-refractivity contribution in [1.82, 2.24) is 19.9 Å². The van der Waals surface area contributed by atoms with E-state index in [-0.39, 0.29) is 30.3 Å². The van der Waals surface area contributed by atoms with Gasteiger partial charge in [-0.05, 0) is 43.5 Å². The number of anilines is 2. The van der Waals surface area contributed by atoms with Crippen LogP contribution in [0.4, 0.5) is 29.0 Å². The third-order valence-corrected chi connectivity index (χ3v) is 7.39. The molecule has 0 aliphatic carbocycles. The molecule has 4 aromatic rings. The Bertz CT molecular complexity index is 1580. The first-order valence-corrected chi connectivity index (χ1v) is 13.5. The van der Waals surface area contributed by atoms with Crippen molar-refractivity contribution in [3.8, 4) is 22.9 Å². The van der Waals surface area contributed by atoms with Gasteiger partial charge in [0.1, 0.15) is 5.52 Å². The molecule has 10 nitrogen and oxygen atoms in total. The van der Waals surface area contributed by atoms with Crippen LogP contribution < -0.4 is 15.4 Å². The topological polar surface area (TPSA) is 130 Å². The monoisotopic (exact) mass is 586 g/mol. The van der Waals surface area contributed by atoms with Gasteiger partial charge in [-0.3, -0.25) is 4.79 Å². The number of piperidine rings is 1. The van der Waals surface area contributed by atoms with Crippen LogP contribution in [0.3, 0.4) is 0 Å². The van der Waals surface area contributed by atoms with Gasteiger partial charge in [0, 0.05) is 31.6 Å². The molecule has 2 aromatic heterocycles. The van der Waals surface area contributed by atoms with E-state index in [1.807, 2.05) is 6.07 Å². The number of hydrogen-bond acceptors (Lipinski definition) is 8. The minimum atomic E-state index is -4.48. The summed E-state index contributed by atoms with van der Waals surface area (Å²) in [6, 6.07) is 11.0. The summed E-state index contributed by atoms with van der Waals surface area (Å²) < 4.78 is 46.2. The summed E-state index contributed by atoms with van der Waals surface area (Å²) in [5.74, 6) is 0.303. The molecule has 14 heteroatoms. The molecular weight excluding hydrogens is 561 g/mol. The van der Waals surface area contributed by atoms with Crippen molar-refractivity contribution in [3.05, 3.63) is 54.1 Å². The van der Waals surface area contributed by atoms with Crippen LogP contribution in [0.1, 0.15) is 31.7 Å². The van der Waals surface area contributed by atoms with Gasteiger partial charge in [0.15, 0.2) is 10.9 Å². The summed E-state index contributed by atoms with van der Waals surface area (Å²) in [5.41, 5.74) is 0.401. The lowest BCUT2D eigenvalue weighted by Crippen LogP contribution is -2.46. The number of halogens is 3. The van der Waals surface area contributed by atoms with E-state index in [1.165, 1.54) is 41.4 Å². The zero-order valence-electron chi connectivity index (χ0n) is 21.7. The van der Waals surface area contributed by atoms with Gasteiger partial charge >= 0.3 is 12.3 Å². The summed E-state index contributed by atoms with van der Waals surface area (Å²) in [4.78, 5) is 37.9. The van der Waals surface area contributed by atoms with Crippen LogP contribution in [0.5, 0.6) is 11.6 Å². The quantitative estimate of drug-likeness (QED) is 0.225. The number of carbonyl (C=O) groups is 2. The second kappa shape index (κ2) is 11.6. The first-order valence-electron chi connectivity index (χ1n) is 12.7. The van der Waals surface area contributed by atoms with Gasteiger partial charge in [-0.1, -0.05) is 29.5 Å². The Labute approximate surface area is 236 Å². The van der Waals surface area contributed by atoms with E-state index in [4.69, 9.17) is 4.74 Å². The number of amides is 2. The van der Waals surface area contributed by atoms with Crippen molar-refractivity contribution in [2.24, 2.45) is 0 Å². The predicted octanol–water partition coefficient (Wildman–Crippen LogP) is 6.47. The number of alkyl halides is 3. The van der Waals surface area contributed by atoms with Crippen molar-refractivity contribution in [2.75, 3.05) is 23.7 Å². The van der Waals surface area contributed by atoms with Crippen molar-refractivity contribution in [3.63, 3.8) is 0 Å². The second-order valence-corrected chi connectivity index (χ2v) is 10.4. The van der Waals surface area contributed by atoms with E-state index in [1.54, 1.807) is 12.1 Å². The predicted molar refractivity (Wildman–Crippen MR) is 147 cm³/mol. The molecule has 0 bridgehead atoms. The molecule has 1 atom stereocenters. The molecule has 2 aromatic carbocycles. The van der Waals surface area contributed by atoms with E-state index in [9.17, 15) is 27.9 Å². The number of fused-ring (bicyclic) bond motifs is 1. The number of thiazole rings is 1. The second-order valence-electron chi connectivity index (χ2n) is 9.40. The Hall–Kier alpha value is -4.46. The number of benzene rings is 2. The number of nitrogens with zero attached hydrogens (tertiary/aromatic N) is 4. The summed E-state index contributed by atoms with van der Waals surface area (Å²) in [5, 5.41) is 15.7. The van der Waals surface area contributed by atoms with Gasteiger partial charge in [0.2, 0.25) is 17.7 Å². The lowest BCUT2D eigenvalue weighted by atomic mass is 10.0. The van der Waals surface area contributed by atoms with Gasteiger partial charge in [-0.25, -0.2) is 14.8 Å². The average Bonchev–Trinajstić information content (AvgIpc) is 3.34. The highest BCUT2D eigenvalue weighted by Crippen LogP contribution is 2.36. The van der Waals surface area contributed by atoms with Crippen LogP contribution in [0.2, 0.25) is 0 Å². The van der Waals surface area contributed by atoms with Crippen LogP contribution in [-0.2, 0) is 11.0 Å². The van der Waals surface area contributed by atoms with Crippen LogP contribution in [0.25, 0.3) is 21.5 Å². The maximum absolute atomic E-state index is 13.1. The van der Waals surface area contributed by atoms with E-state index in [0.717, 1.165) is 29.7 Å². The number of carbonyl (C=O) groups excluding carboxylic acids is 1. The molecule has 1 aliphatic heterocycles. The normalized spacial score (nSPS) is 15.5. The third kappa shape index (κ3) is 6.65. The van der Waals surface area contributed by atoms with Crippen LogP contribution in [-0.4, -0.2) is 56.1 Å². The molecule has 1 aliphatic rings. The van der Waals surface area contributed by atoms with Crippen LogP contribution in [0.15, 0.2) is 48.5 Å². The highest BCUT2D eigenvalue weighted by atomic mass is 32.1. The van der Waals surface area contributed by atoms with Gasteiger partial charge in [-0.2, -0.15) is 18.2 Å². The number of para-hydroxylation sites is 1. The summed E-state index contributed by atoms with van der Waals surface area (Å²) in [6.45, 7) is 2.05. The Morgan fingerprint density at radius 3 is 2.61 bits per heavy atom. The molecule has 0 saturated carbocycles. The molecule has 214 valence electrons. The van der Waals surface area contributed by atoms with Crippen molar-refractivity contribution in [1.29, 1.82) is 0 Å². The number of nitrogens with one attached hydrogen (secondary N) is 2.